The van der Waals surface area contributed by atoms with Crippen LogP contribution in [0.5, 0.6) is 0 Å². The Balaban J connectivity index is 2.68. The monoisotopic (exact) mass is 196 g/mol. The molecule has 0 saturated carbocycles. The van der Waals surface area contributed by atoms with Gasteiger partial charge < -0.3 is 0 Å². The first-order valence-electron chi connectivity index (χ1n) is 4.16. The van der Waals surface area contributed by atoms with E-state index in [0.29, 0.717) is 5.69 Å². The topological polar surface area (TPSA) is 90.0 Å². The number of aromatic nitrogens is 2. The van der Waals surface area contributed by atoms with Crippen LogP contribution >= 0.6 is 0 Å². The summed E-state index contributed by atoms with van der Waals surface area (Å²) in [6, 6.07) is 1.42. The van der Waals surface area contributed by atoms with Gasteiger partial charge in [-0.3, -0.25) is 19.6 Å². The van der Waals surface area contributed by atoms with Crippen molar-refractivity contribution in [2.45, 2.75) is 19.9 Å². The molecule has 0 saturated heterocycles. The van der Waals surface area contributed by atoms with Crippen LogP contribution in [0, 0.1) is 6.92 Å². The number of carbonyl (C=O) groups is 1. The molecule has 1 aromatic rings. The van der Waals surface area contributed by atoms with Crippen LogP contribution in [0.15, 0.2) is 17.2 Å². The van der Waals surface area contributed by atoms with E-state index in [0.717, 1.165) is 0 Å². The smallest absolute Gasteiger partial charge is 0.253 e. The largest absolute Gasteiger partial charge is 0.299 e. The molecule has 0 spiro atoms. The summed E-state index contributed by atoms with van der Waals surface area (Å²) in [7, 11) is 0. The van der Waals surface area contributed by atoms with Gasteiger partial charge in [-0.2, -0.15) is 0 Å². The Labute approximate surface area is 80.7 Å². The summed E-state index contributed by atoms with van der Waals surface area (Å²) >= 11 is 0. The second-order valence-corrected chi connectivity index (χ2v) is 2.88. The third kappa shape index (κ3) is 2.67. The normalized spacial score (nSPS) is 9.86. The zero-order chi connectivity index (χ0) is 10.6. The highest BCUT2D eigenvalue weighted by Gasteiger charge is 2.01. The average Bonchev–Trinajstić information content (AvgIpc) is 2.16. The van der Waals surface area contributed by atoms with Crippen molar-refractivity contribution in [2.24, 2.45) is 5.84 Å². The molecule has 0 bridgehead atoms. The molecule has 0 aromatic carbocycles. The summed E-state index contributed by atoms with van der Waals surface area (Å²) < 4.78 is 1.36. The summed E-state index contributed by atoms with van der Waals surface area (Å²) in [5, 5.41) is 0. The minimum absolute atomic E-state index is 0.165. The SMILES string of the molecule is Cc1cc(=O)n(CCC(=O)NN)cn1. The minimum Gasteiger partial charge on any atom is -0.299 e. The maximum absolute atomic E-state index is 11.3. The summed E-state index contributed by atoms with van der Waals surface area (Å²) in [6.45, 7) is 2.02. The quantitative estimate of drug-likeness (QED) is 0.366. The van der Waals surface area contributed by atoms with Crippen LogP contribution < -0.4 is 16.8 Å². The number of hydrazine groups is 1. The Morgan fingerprint density at radius 2 is 2.43 bits per heavy atom. The highest BCUT2D eigenvalue weighted by molar-refractivity contribution is 5.74. The van der Waals surface area contributed by atoms with Gasteiger partial charge in [0.15, 0.2) is 0 Å². The molecule has 0 atom stereocenters. The molecule has 14 heavy (non-hydrogen) atoms. The fourth-order valence-corrected chi connectivity index (χ4v) is 0.979. The zero-order valence-electron chi connectivity index (χ0n) is 7.86. The van der Waals surface area contributed by atoms with Crippen LogP contribution in [0.3, 0.4) is 0 Å². The molecule has 0 radical (unpaired) electrons. The summed E-state index contributed by atoms with van der Waals surface area (Å²) in [5.74, 6) is 4.59. The number of hydrogen-bond acceptors (Lipinski definition) is 4. The van der Waals surface area contributed by atoms with Crippen molar-refractivity contribution in [3.63, 3.8) is 0 Å². The molecule has 1 heterocycles. The molecule has 1 aromatic heterocycles. The van der Waals surface area contributed by atoms with Crippen LogP contribution in [0.1, 0.15) is 12.1 Å². The minimum atomic E-state index is -0.308. The lowest BCUT2D eigenvalue weighted by molar-refractivity contribution is -0.121. The Morgan fingerprint density at radius 3 is 3.00 bits per heavy atom. The lowest BCUT2D eigenvalue weighted by Gasteiger charge is -2.03. The van der Waals surface area contributed by atoms with Gasteiger partial charge in [-0.25, -0.2) is 10.8 Å². The molecular weight excluding hydrogens is 184 g/mol. The lowest BCUT2D eigenvalue weighted by atomic mass is 10.4. The van der Waals surface area contributed by atoms with Crippen molar-refractivity contribution in [3.05, 3.63) is 28.4 Å². The number of hydrogen-bond donors (Lipinski definition) is 2. The number of aryl methyl sites for hydroxylation is 2. The number of nitrogens with one attached hydrogen (secondary N) is 1. The van der Waals surface area contributed by atoms with E-state index in [1.807, 2.05) is 5.43 Å². The Bertz CT molecular complexity index is 385. The van der Waals surface area contributed by atoms with E-state index < -0.39 is 0 Å². The van der Waals surface area contributed by atoms with Gasteiger partial charge in [0.05, 0.1) is 6.33 Å². The molecule has 1 amide bonds. The Kier molecular flexibility index (Phi) is 3.35. The first-order chi connectivity index (χ1) is 6.63. The van der Waals surface area contributed by atoms with Crippen LogP contribution in [0.2, 0.25) is 0 Å². The van der Waals surface area contributed by atoms with Crippen LogP contribution in [0.25, 0.3) is 0 Å². The van der Waals surface area contributed by atoms with E-state index in [4.69, 9.17) is 5.84 Å². The Morgan fingerprint density at radius 1 is 1.71 bits per heavy atom. The van der Waals surface area contributed by atoms with Crippen LogP contribution in [-0.4, -0.2) is 15.5 Å². The second kappa shape index (κ2) is 4.52. The number of carbonyl (C=O) groups excluding carboxylic acids is 1. The van der Waals surface area contributed by atoms with Crippen LogP contribution in [0.4, 0.5) is 0 Å². The van der Waals surface area contributed by atoms with Crippen molar-refractivity contribution in [3.8, 4) is 0 Å². The van der Waals surface area contributed by atoms with Gasteiger partial charge in [0, 0.05) is 24.7 Å². The number of nitrogens with two attached hydrogens (primary N) is 1. The molecular formula is C8H12N4O2. The summed E-state index contributed by atoms with van der Waals surface area (Å²) in [6.07, 6.45) is 1.59. The fourth-order valence-electron chi connectivity index (χ4n) is 0.979. The van der Waals surface area contributed by atoms with Gasteiger partial charge in [-0.15, -0.1) is 0 Å². The fraction of sp³-hybridized carbons (Fsp3) is 0.375. The molecule has 0 aliphatic carbocycles. The molecule has 0 unspecified atom stereocenters. The Hall–Kier alpha value is -1.69. The molecule has 0 aliphatic heterocycles. The van der Waals surface area contributed by atoms with Gasteiger partial charge in [-0.05, 0) is 6.92 Å². The summed E-state index contributed by atoms with van der Waals surface area (Å²) in [4.78, 5) is 26.0. The molecule has 0 aliphatic rings. The standard InChI is InChI=1S/C8H12N4O2/c1-6-4-8(14)12(5-10-6)3-2-7(13)11-9/h4-5H,2-3,9H2,1H3,(H,11,13). The van der Waals surface area contributed by atoms with Gasteiger partial charge in [-0.1, -0.05) is 0 Å². The molecule has 76 valence electrons. The summed E-state index contributed by atoms with van der Waals surface area (Å²) in [5.41, 5.74) is 2.49. The molecule has 3 N–H and O–H groups in total. The molecule has 0 fully saturated rings. The van der Waals surface area contributed by atoms with E-state index in [2.05, 4.69) is 4.98 Å². The highest BCUT2D eigenvalue weighted by Crippen LogP contribution is 1.88. The van der Waals surface area contributed by atoms with Crippen LogP contribution in [-0.2, 0) is 11.3 Å². The van der Waals surface area contributed by atoms with Gasteiger partial charge in [0.2, 0.25) is 5.91 Å². The van der Waals surface area contributed by atoms with Gasteiger partial charge >= 0.3 is 0 Å². The van der Waals surface area contributed by atoms with E-state index in [1.54, 1.807) is 6.92 Å². The van der Waals surface area contributed by atoms with Crippen molar-refractivity contribution >= 4 is 5.91 Å². The number of rotatable bonds is 3. The van der Waals surface area contributed by atoms with Crippen molar-refractivity contribution in [2.75, 3.05) is 0 Å². The zero-order valence-corrected chi connectivity index (χ0v) is 7.86. The third-order valence-corrected chi connectivity index (χ3v) is 1.76. The first-order valence-corrected chi connectivity index (χ1v) is 4.16. The third-order valence-electron chi connectivity index (χ3n) is 1.76. The van der Waals surface area contributed by atoms with Crippen molar-refractivity contribution in [1.29, 1.82) is 0 Å². The van der Waals surface area contributed by atoms with E-state index >= 15 is 0 Å². The number of amides is 1. The molecule has 6 nitrogen and oxygen atoms in total. The predicted molar refractivity (Wildman–Crippen MR) is 50.2 cm³/mol. The maximum atomic E-state index is 11.3. The molecule has 1 rings (SSSR count). The predicted octanol–water partition coefficient (Wildman–Crippen LogP) is -1.07. The van der Waals surface area contributed by atoms with Gasteiger partial charge in [0.25, 0.3) is 5.56 Å². The first kappa shape index (κ1) is 10.4. The van der Waals surface area contributed by atoms with Crippen molar-refractivity contribution < 1.29 is 4.79 Å². The van der Waals surface area contributed by atoms with E-state index in [-0.39, 0.29) is 24.4 Å². The highest BCUT2D eigenvalue weighted by atomic mass is 16.2. The lowest BCUT2D eigenvalue weighted by Crippen LogP contribution is -2.32. The number of nitrogens with zero attached hydrogens (tertiary/aromatic N) is 2. The van der Waals surface area contributed by atoms with E-state index in [9.17, 15) is 9.59 Å². The van der Waals surface area contributed by atoms with E-state index in [1.165, 1.54) is 17.0 Å². The second-order valence-electron chi connectivity index (χ2n) is 2.88. The maximum Gasteiger partial charge on any atom is 0.253 e. The average molecular weight is 196 g/mol. The van der Waals surface area contributed by atoms with Gasteiger partial charge in [0.1, 0.15) is 0 Å². The molecule has 6 heteroatoms. The van der Waals surface area contributed by atoms with Crippen molar-refractivity contribution in [1.82, 2.24) is 15.0 Å².